The monoisotopic (exact) mass is 266 g/mol. The van der Waals surface area contributed by atoms with Crippen molar-refractivity contribution in [3.8, 4) is 0 Å². The van der Waals surface area contributed by atoms with E-state index in [4.69, 9.17) is 11.6 Å². The molecule has 1 fully saturated rings. The van der Waals surface area contributed by atoms with E-state index in [0.29, 0.717) is 17.4 Å². The second kappa shape index (κ2) is 6.21. The lowest BCUT2D eigenvalue weighted by molar-refractivity contribution is -0.122. The van der Waals surface area contributed by atoms with Crippen LogP contribution >= 0.6 is 11.6 Å². The van der Waals surface area contributed by atoms with E-state index < -0.39 is 0 Å². The van der Waals surface area contributed by atoms with Crippen molar-refractivity contribution in [1.82, 2.24) is 10.6 Å². The number of halogens is 1. The minimum atomic E-state index is 0.0316. The summed E-state index contributed by atoms with van der Waals surface area (Å²) >= 11 is 5.84. The van der Waals surface area contributed by atoms with Crippen molar-refractivity contribution in [2.24, 2.45) is 5.92 Å². The van der Waals surface area contributed by atoms with E-state index in [2.05, 4.69) is 10.6 Å². The number of hydrogen-bond acceptors (Lipinski definition) is 2. The molecule has 1 heterocycles. The van der Waals surface area contributed by atoms with E-state index in [0.717, 1.165) is 25.1 Å². The minimum absolute atomic E-state index is 0.0316. The van der Waals surface area contributed by atoms with Crippen LogP contribution in [0.3, 0.4) is 0 Å². The summed E-state index contributed by atoms with van der Waals surface area (Å²) in [5.74, 6) is 0.619. The number of carbonyl (C=O) groups is 1. The predicted octanol–water partition coefficient (Wildman–Crippen LogP) is 2.52. The molecular weight excluding hydrogens is 248 g/mol. The first-order chi connectivity index (χ1) is 8.65. The van der Waals surface area contributed by atoms with E-state index in [-0.39, 0.29) is 11.9 Å². The van der Waals surface area contributed by atoms with Gasteiger partial charge in [0.15, 0.2) is 0 Å². The summed E-state index contributed by atoms with van der Waals surface area (Å²) in [4.78, 5) is 11.9. The van der Waals surface area contributed by atoms with Crippen molar-refractivity contribution in [2.75, 3.05) is 13.1 Å². The highest BCUT2D eigenvalue weighted by molar-refractivity contribution is 6.30. The molecular formula is C14H19ClN2O. The van der Waals surface area contributed by atoms with Crippen LogP contribution in [0.2, 0.25) is 5.02 Å². The van der Waals surface area contributed by atoms with Crippen LogP contribution in [0.4, 0.5) is 0 Å². The van der Waals surface area contributed by atoms with Crippen molar-refractivity contribution in [2.45, 2.75) is 25.8 Å². The fourth-order valence-corrected chi connectivity index (χ4v) is 2.41. The van der Waals surface area contributed by atoms with Crippen LogP contribution in [-0.2, 0) is 4.79 Å². The summed E-state index contributed by atoms with van der Waals surface area (Å²) in [6.45, 7) is 3.99. The molecule has 4 heteroatoms. The Labute approximate surface area is 113 Å². The molecule has 2 N–H and O–H groups in total. The molecule has 3 nitrogen and oxygen atoms in total. The normalized spacial score (nSPS) is 20.7. The first-order valence-electron chi connectivity index (χ1n) is 6.40. The Kier molecular flexibility index (Phi) is 4.61. The molecule has 0 aliphatic carbocycles. The summed E-state index contributed by atoms with van der Waals surface area (Å²) in [6.07, 6.45) is 1.72. The first kappa shape index (κ1) is 13.4. The van der Waals surface area contributed by atoms with Gasteiger partial charge in [-0.2, -0.15) is 0 Å². The summed E-state index contributed by atoms with van der Waals surface area (Å²) < 4.78 is 0. The van der Waals surface area contributed by atoms with Gasteiger partial charge >= 0.3 is 0 Å². The van der Waals surface area contributed by atoms with E-state index >= 15 is 0 Å². The molecule has 1 aliphatic heterocycles. The predicted molar refractivity (Wildman–Crippen MR) is 73.6 cm³/mol. The summed E-state index contributed by atoms with van der Waals surface area (Å²) in [5, 5.41) is 7.02. The maximum absolute atomic E-state index is 11.9. The molecule has 0 saturated carbocycles. The molecule has 2 atom stereocenters. The summed E-state index contributed by atoms with van der Waals surface area (Å²) in [7, 11) is 0. The molecule has 0 aromatic heterocycles. The van der Waals surface area contributed by atoms with Crippen LogP contribution in [0.1, 0.15) is 31.4 Å². The van der Waals surface area contributed by atoms with Crippen LogP contribution in [0.25, 0.3) is 0 Å². The fraction of sp³-hybridized carbons (Fsp3) is 0.500. The number of benzene rings is 1. The Morgan fingerprint density at radius 1 is 1.50 bits per heavy atom. The highest BCUT2D eigenvalue weighted by Crippen LogP contribution is 2.17. The van der Waals surface area contributed by atoms with E-state index in [1.807, 2.05) is 31.2 Å². The van der Waals surface area contributed by atoms with Gasteiger partial charge in [0.05, 0.1) is 6.04 Å². The van der Waals surface area contributed by atoms with Crippen molar-refractivity contribution >= 4 is 17.5 Å². The van der Waals surface area contributed by atoms with Gasteiger partial charge < -0.3 is 10.6 Å². The average Bonchev–Trinajstić information content (AvgIpc) is 2.82. The second-order valence-corrected chi connectivity index (χ2v) is 5.34. The number of rotatable bonds is 4. The second-order valence-electron chi connectivity index (χ2n) is 4.90. The highest BCUT2D eigenvalue weighted by atomic mass is 35.5. The third kappa shape index (κ3) is 3.72. The van der Waals surface area contributed by atoms with Gasteiger partial charge in [0.25, 0.3) is 0 Å². The zero-order valence-corrected chi connectivity index (χ0v) is 11.3. The van der Waals surface area contributed by atoms with Gasteiger partial charge in [-0.3, -0.25) is 4.79 Å². The lowest BCUT2D eigenvalue weighted by atomic mass is 10.0. The SMILES string of the molecule is C[C@H](NC(=O)CC1CCNC1)c1ccc(Cl)cc1. The van der Waals surface area contributed by atoms with Crippen molar-refractivity contribution < 1.29 is 4.79 Å². The maximum Gasteiger partial charge on any atom is 0.220 e. The molecule has 0 spiro atoms. The lowest BCUT2D eigenvalue weighted by Crippen LogP contribution is -2.28. The fourth-order valence-electron chi connectivity index (χ4n) is 2.29. The smallest absolute Gasteiger partial charge is 0.220 e. The van der Waals surface area contributed by atoms with Gasteiger partial charge in [0, 0.05) is 11.4 Å². The van der Waals surface area contributed by atoms with E-state index in [9.17, 15) is 4.79 Å². The Balaban J connectivity index is 1.84. The van der Waals surface area contributed by atoms with Crippen LogP contribution in [-0.4, -0.2) is 19.0 Å². The number of hydrogen-bond donors (Lipinski definition) is 2. The van der Waals surface area contributed by atoms with Gasteiger partial charge in [0.2, 0.25) is 5.91 Å². The Morgan fingerprint density at radius 3 is 2.83 bits per heavy atom. The van der Waals surface area contributed by atoms with E-state index in [1.54, 1.807) is 0 Å². The summed E-state index contributed by atoms with van der Waals surface area (Å²) in [6, 6.07) is 7.62. The Hall–Kier alpha value is -1.06. The van der Waals surface area contributed by atoms with Crippen molar-refractivity contribution in [3.05, 3.63) is 34.9 Å². The molecule has 1 amide bonds. The van der Waals surface area contributed by atoms with Gasteiger partial charge in [-0.05, 0) is 50.0 Å². The molecule has 0 bridgehead atoms. The molecule has 0 radical (unpaired) electrons. The Bertz CT molecular complexity index is 399. The van der Waals surface area contributed by atoms with Gasteiger partial charge in [0.1, 0.15) is 0 Å². The molecule has 98 valence electrons. The zero-order chi connectivity index (χ0) is 13.0. The third-order valence-electron chi connectivity index (χ3n) is 3.38. The highest BCUT2D eigenvalue weighted by Gasteiger charge is 2.19. The summed E-state index contributed by atoms with van der Waals surface area (Å²) in [5.41, 5.74) is 1.08. The molecule has 1 saturated heterocycles. The molecule has 2 rings (SSSR count). The molecule has 1 aromatic carbocycles. The molecule has 18 heavy (non-hydrogen) atoms. The van der Waals surface area contributed by atoms with Gasteiger partial charge in [-0.15, -0.1) is 0 Å². The van der Waals surface area contributed by atoms with E-state index in [1.165, 1.54) is 0 Å². The minimum Gasteiger partial charge on any atom is -0.350 e. The lowest BCUT2D eigenvalue weighted by Gasteiger charge is -2.16. The van der Waals surface area contributed by atoms with Crippen LogP contribution < -0.4 is 10.6 Å². The zero-order valence-electron chi connectivity index (χ0n) is 10.6. The topological polar surface area (TPSA) is 41.1 Å². The van der Waals surface area contributed by atoms with Crippen LogP contribution in [0.5, 0.6) is 0 Å². The first-order valence-corrected chi connectivity index (χ1v) is 6.78. The third-order valence-corrected chi connectivity index (χ3v) is 3.64. The molecule has 1 aromatic rings. The largest absolute Gasteiger partial charge is 0.350 e. The van der Waals surface area contributed by atoms with Gasteiger partial charge in [-0.25, -0.2) is 0 Å². The Morgan fingerprint density at radius 2 is 2.22 bits per heavy atom. The molecule has 1 unspecified atom stereocenters. The maximum atomic E-state index is 11.9. The molecule has 1 aliphatic rings. The van der Waals surface area contributed by atoms with Gasteiger partial charge in [-0.1, -0.05) is 23.7 Å². The average molecular weight is 267 g/mol. The van der Waals surface area contributed by atoms with Crippen molar-refractivity contribution in [3.63, 3.8) is 0 Å². The van der Waals surface area contributed by atoms with Crippen molar-refractivity contribution in [1.29, 1.82) is 0 Å². The standard InChI is InChI=1S/C14H19ClN2O/c1-10(12-2-4-13(15)5-3-12)17-14(18)8-11-6-7-16-9-11/h2-5,10-11,16H,6-9H2,1H3,(H,17,18)/t10-,11?/m0/s1. The quantitative estimate of drug-likeness (QED) is 0.879. The number of carbonyl (C=O) groups excluding carboxylic acids is 1. The number of amides is 1. The van der Waals surface area contributed by atoms with Crippen LogP contribution in [0.15, 0.2) is 24.3 Å². The van der Waals surface area contributed by atoms with Crippen LogP contribution in [0, 0.1) is 5.92 Å². The number of nitrogens with one attached hydrogen (secondary N) is 2.